The van der Waals surface area contributed by atoms with Gasteiger partial charge in [-0.05, 0) is 36.0 Å². The molecule has 1 aliphatic heterocycles. The van der Waals surface area contributed by atoms with Gasteiger partial charge >= 0.3 is 0 Å². The number of halogens is 1. The molecule has 1 aliphatic rings. The zero-order chi connectivity index (χ0) is 21.1. The second kappa shape index (κ2) is 8.69. The summed E-state index contributed by atoms with van der Waals surface area (Å²) in [4.78, 5) is 6.51. The minimum absolute atomic E-state index is 0.0180. The van der Waals surface area contributed by atoms with Gasteiger partial charge in [0, 0.05) is 30.6 Å². The maximum Gasteiger partial charge on any atom is 0.253 e. The number of rotatable bonds is 4. The monoisotopic (exact) mass is 406 g/mol. The van der Waals surface area contributed by atoms with Crippen LogP contribution in [0, 0.1) is 11.7 Å². The highest BCUT2D eigenvalue weighted by atomic mass is 19.1. The first kappa shape index (κ1) is 20.1. The highest BCUT2D eigenvalue weighted by Crippen LogP contribution is 2.29. The third-order valence-electron chi connectivity index (χ3n) is 5.89. The van der Waals surface area contributed by atoms with Gasteiger partial charge in [0.2, 0.25) is 0 Å². The van der Waals surface area contributed by atoms with Crippen LogP contribution in [-0.2, 0) is 0 Å². The van der Waals surface area contributed by atoms with Gasteiger partial charge in [0.15, 0.2) is 5.96 Å². The number of hydrogen-bond acceptors (Lipinski definition) is 3. The number of aromatic nitrogens is 1. The van der Waals surface area contributed by atoms with Crippen LogP contribution in [0.15, 0.2) is 64.1 Å². The molecule has 1 aromatic heterocycles. The first-order valence-electron chi connectivity index (χ1n) is 10.4. The Morgan fingerprint density at radius 3 is 2.57 bits per heavy atom. The highest BCUT2D eigenvalue weighted by Gasteiger charge is 2.19. The Hall–Kier alpha value is -3.15. The van der Waals surface area contributed by atoms with Crippen molar-refractivity contribution in [2.45, 2.75) is 32.6 Å². The van der Waals surface area contributed by atoms with E-state index in [9.17, 15) is 4.39 Å². The van der Waals surface area contributed by atoms with E-state index in [1.807, 2.05) is 36.4 Å². The van der Waals surface area contributed by atoms with Crippen LogP contribution in [0.4, 0.5) is 10.3 Å². The fourth-order valence-corrected chi connectivity index (χ4v) is 3.77. The van der Waals surface area contributed by atoms with Crippen LogP contribution in [0.25, 0.3) is 11.1 Å². The van der Waals surface area contributed by atoms with Crippen molar-refractivity contribution in [3.8, 4) is 11.1 Å². The molecule has 0 saturated carbocycles. The van der Waals surface area contributed by atoms with E-state index >= 15 is 0 Å². The molecule has 2 aromatic carbocycles. The molecule has 1 unspecified atom stereocenters. The predicted octanol–water partition coefficient (Wildman–Crippen LogP) is 5.31. The predicted molar refractivity (Wildman–Crippen MR) is 117 cm³/mol. The first-order valence-corrected chi connectivity index (χ1v) is 10.4. The van der Waals surface area contributed by atoms with Crippen molar-refractivity contribution in [2.75, 3.05) is 13.1 Å². The number of benzene rings is 2. The Morgan fingerprint density at radius 2 is 1.87 bits per heavy atom. The molecule has 1 fully saturated rings. The molecule has 156 valence electrons. The smallest absolute Gasteiger partial charge is 0.253 e. The fourth-order valence-electron chi connectivity index (χ4n) is 3.77. The maximum atomic E-state index is 14.0. The lowest BCUT2D eigenvalue weighted by Gasteiger charge is -2.30. The van der Waals surface area contributed by atoms with Gasteiger partial charge in [-0.15, -0.1) is 0 Å². The standard InChI is InChI=1S/C24H27FN4O/c1-16-11-13-29(14-12-16)24(26)27-23-15-22(28-30-23)17(2)18-7-9-19(10-8-18)20-5-3-4-6-21(20)25/h3-10,15-17H,11-14H2,1-2H3,(H2,26,27). The molecular weight excluding hydrogens is 379 g/mol. The lowest BCUT2D eigenvalue weighted by molar-refractivity contribution is 0.278. The number of nitrogens with two attached hydrogens (primary N) is 1. The van der Waals surface area contributed by atoms with Crippen molar-refractivity contribution >= 4 is 11.8 Å². The summed E-state index contributed by atoms with van der Waals surface area (Å²) >= 11 is 0. The second-order valence-corrected chi connectivity index (χ2v) is 8.05. The van der Waals surface area contributed by atoms with E-state index in [4.69, 9.17) is 10.3 Å². The summed E-state index contributed by atoms with van der Waals surface area (Å²) in [7, 11) is 0. The lowest BCUT2D eigenvalue weighted by Crippen LogP contribution is -2.42. The van der Waals surface area contributed by atoms with Gasteiger partial charge < -0.3 is 15.2 Å². The SMILES string of the molecule is CC1CCN(/C(N)=N\c2cc(C(C)c3ccc(-c4ccccc4F)cc3)no2)CC1. The Morgan fingerprint density at radius 1 is 1.17 bits per heavy atom. The molecule has 3 aromatic rings. The van der Waals surface area contributed by atoms with Crippen molar-refractivity contribution < 1.29 is 8.91 Å². The van der Waals surface area contributed by atoms with Gasteiger partial charge in [-0.25, -0.2) is 4.39 Å². The number of nitrogens with zero attached hydrogens (tertiary/aromatic N) is 3. The third-order valence-corrected chi connectivity index (χ3v) is 5.89. The average Bonchev–Trinajstić information content (AvgIpc) is 3.22. The van der Waals surface area contributed by atoms with E-state index < -0.39 is 0 Å². The van der Waals surface area contributed by atoms with E-state index in [0.717, 1.165) is 48.7 Å². The van der Waals surface area contributed by atoms with E-state index in [2.05, 4.69) is 28.9 Å². The minimum Gasteiger partial charge on any atom is -0.369 e. The van der Waals surface area contributed by atoms with Crippen LogP contribution < -0.4 is 5.73 Å². The zero-order valence-electron chi connectivity index (χ0n) is 17.4. The maximum absolute atomic E-state index is 14.0. The van der Waals surface area contributed by atoms with Crippen molar-refractivity contribution in [1.82, 2.24) is 10.1 Å². The van der Waals surface area contributed by atoms with Crippen LogP contribution in [0.1, 0.15) is 43.9 Å². The van der Waals surface area contributed by atoms with E-state index in [0.29, 0.717) is 17.4 Å². The minimum atomic E-state index is -0.224. The first-order chi connectivity index (χ1) is 14.5. The number of piperidine rings is 1. The molecule has 1 saturated heterocycles. The Bertz CT molecular complexity index is 1020. The zero-order valence-corrected chi connectivity index (χ0v) is 17.4. The Balaban J connectivity index is 1.47. The van der Waals surface area contributed by atoms with E-state index in [-0.39, 0.29) is 11.7 Å². The van der Waals surface area contributed by atoms with Crippen LogP contribution in [-0.4, -0.2) is 29.1 Å². The molecular formula is C24H27FN4O. The molecule has 5 nitrogen and oxygen atoms in total. The van der Waals surface area contributed by atoms with Crippen LogP contribution in [0.3, 0.4) is 0 Å². The van der Waals surface area contributed by atoms with Gasteiger partial charge in [-0.2, -0.15) is 4.99 Å². The molecule has 6 heteroatoms. The molecule has 2 N–H and O–H groups in total. The summed E-state index contributed by atoms with van der Waals surface area (Å²) in [5.74, 6) is 1.42. The summed E-state index contributed by atoms with van der Waals surface area (Å²) in [5, 5.41) is 4.18. The van der Waals surface area contributed by atoms with Crippen molar-refractivity contribution in [1.29, 1.82) is 0 Å². The van der Waals surface area contributed by atoms with Crippen LogP contribution in [0.5, 0.6) is 0 Å². The molecule has 0 spiro atoms. The molecule has 1 atom stereocenters. The summed E-state index contributed by atoms with van der Waals surface area (Å²) in [5.41, 5.74) is 9.46. The van der Waals surface area contributed by atoms with Crippen LogP contribution >= 0.6 is 0 Å². The largest absolute Gasteiger partial charge is 0.369 e. The Kier molecular flexibility index (Phi) is 5.84. The third kappa shape index (κ3) is 4.37. The van der Waals surface area contributed by atoms with Crippen molar-refractivity contribution in [3.63, 3.8) is 0 Å². The molecule has 0 amide bonds. The quantitative estimate of drug-likeness (QED) is 0.471. The van der Waals surface area contributed by atoms with E-state index in [1.54, 1.807) is 12.1 Å². The fraction of sp³-hybridized carbons (Fsp3) is 0.333. The summed E-state index contributed by atoms with van der Waals surface area (Å²) in [6, 6.07) is 16.5. The topological polar surface area (TPSA) is 67.7 Å². The molecule has 0 radical (unpaired) electrons. The number of hydrogen-bond donors (Lipinski definition) is 1. The van der Waals surface area contributed by atoms with Gasteiger partial charge in [-0.1, -0.05) is 61.5 Å². The summed E-state index contributed by atoms with van der Waals surface area (Å²) < 4.78 is 19.4. The van der Waals surface area contributed by atoms with Gasteiger partial charge in [0.1, 0.15) is 5.82 Å². The van der Waals surface area contributed by atoms with Crippen LogP contribution in [0.2, 0.25) is 0 Å². The molecule has 0 bridgehead atoms. The van der Waals surface area contributed by atoms with Crippen molar-refractivity contribution in [2.24, 2.45) is 16.6 Å². The van der Waals surface area contributed by atoms with Gasteiger partial charge in [-0.3, -0.25) is 0 Å². The highest BCUT2D eigenvalue weighted by molar-refractivity contribution is 5.80. The van der Waals surface area contributed by atoms with Gasteiger partial charge in [0.25, 0.3) is 5.88 Å². The Labute approximate surface area is 176 Å². The number of aliphatic imine (C=N–C) groups is 1. The molecule has 4 rings (SSSR count). The average molecular weight is 407 g/mol. The molecule has 2 heterocycles. The molecule has 0 aliphatic carbocycles. The summed E-state index contributed by atoms with van der Waals surface area (Å²) in [6.45, 7) is 6.15. The number of likely N-dealkylation sites (tertiary alicyclic amines) is 1. The lowest BCUT2D eigenvalue weighted by atomic mass is 9.95. The summed E-state index contributed by atoms with van der Waals surface area (Å²) in [6.07, 6.45) is 2.25. The molecule has 30 heavy (non-hydrogen) atoms. The van der Waals surface area contributed by atoms with E-state index in [1.165, 1.54) is 6.07 Å². The number of guanidine groups is 1. The van der Waals surface area contributed by atoms with Crippen molar-refractivity contribution in [3.05, 3.63) is 71.7 Å². The van der Waals surface area contributed by atoms with Gasteiger partial charge in [0.05, 0.1) is 5.69 Å². The normalized spacial score (nSPS) is 16.6. The second-order valence-electron chi connectivity index (χ2n) is 8.05.